The number of piperazine rings is 1. The van der Waals surface area contributed by atoms with Crippen LogP contribution < -0.4 is 5.56 Å². The SMILES string of the molecule is CN1CCN(Cc2cccc3c2C(=O)c2c-3[nH]c(=O)c3ccccc23)CC1. The highest BCUT2D eigenvalue weighted by molar-refractivity contribution is 6.27. The number of hydrogen-bond acceptors (Lipinski definition) is 4. The molecule has 5 nitrogen and oxygen atoms in total. The van der Waals surface area contributed by atoms with E-state index in [4.69, 9.17) is 0 Å². The van der Waals surface area contributed by atoms with Crippen molar-refractivity contribution in [1.29, 1.82) is 0 Å². The van der Waals surface area contributed by atoms with Crippen molar-refractivity contribution in [3.8, 4) is 11.3 Å². The molecule has 2 aromatic carbocycles. The van der Waals surface area contributed by atoms with Crippen LogP contribution in [0.25, 0.3) is 22.0 Å². The molecule has 1 N–H and O–H groups in total. The van der Waals surface area contributed by atoms with Gasteiger partial charge in [0, 0.05) is 54.6 Å². The maximum Gasteiger partial charge on any atom is 0.256 e. The second kappa shape index (κ2) is 6.15. The Labute approximate surface area is 157 Å². The van der Waals surface area contributed by atoms with E-state index in [9.17, 15) is 9.59 Å². The summed E-state index contributed by atoms with van der Waals surface area (Å²) in [7, 11) is 2.14. The molecule has 0 bridgehead atoms. The van der Waals surface area contributed by atoms with Crippen LogP contribution in [0.4, 0.5) is 0 Å². The van der Waals surface area contributed by atoms with Gasteiger partial charge in [0.05, 0.1) is 11.3 Å². The summed E-state index contributed by atoms with van der Waals surface area (Å²) in [6, 6.07) is 13.3. The summed E-state index contributed by atoms with van der Waals surface area (Å²) in [5, 5.41) is 1.31. The van der Waals surface area contributed by atoms with Gasteiger partial charge in [-0.1, -0.05) is 36.4 Å². The second-order valence-electron chi connectivity index (χ2n) is 7.50. The average molecular weight is 359 g/mol. The van der Waals surface area contributed by atoms with E-state index in [1.54, 1.807) is 6.07 Å². The minimum Gasteiger partial charge on any atom is -0.321 e. The molecule has 1 aromatic heterocycles. The number of hydrogen-bond donors (Lipinski definition) is 1. The third-order valence-electron chi connectivity index (χ3n) is 5.79. The van der Waals surface area contributed by atoms with Gasteiger partial charge < -0.3 is 9.88 Å². The first-order valence-electron chi connectivity index (χ1n) is 9.36. The van der Waals surface area contributed by atoms with E-state index in [2.05, 4.69) is 21.8 Å². The van der Waals surface area contributed by atoms with Crippen LogP contribution in [0.15, 0.2) is 47.3 Å². The Morgan fingerprint density at radius 1 is 0.889 bits per heavy atom. The molecule has 0 saturated carbocycles. The van der Waals surface area contributed by atoms with Crippen molar-refractivity contribution in [2.75, 3.05) is 33.2 Å². The first-order chi connectivity index (χ1) is 13.1. The number of aromatic amines is 1. The third kappa shape index (κ3) is 2.54. The van der Waals surface area contributed by atoms with Crippen LogP contribution in [0, 0.1) is 0 Å². The highest BCUT2D eigenvalue weighted by Crippen LogP contribution is 2.39. The predicted molar refractivity (Wildman–Crippen MR) is 106 cm³/mol. The number of aromatic nitrogens is 1. The van der Waals surface area contributed by atoms with Crippen LogP contribution in [-0.2, 0) is 6.54 Å². The number of fused-ring (bicyclic) bond motifs is 5. The Morgan fingerprint density at radius 3 is 2.41 bits per heavy atom. The Morgan fingerprint density at radius 2 is 1.63 bits per heavy atom. The third-order valence-corrected chi connectivity index (χ3v) is 5.79. The Hall–Kier alpha value is -2.76. The van der Waals surface area contributed by atoms with Crippen molar-refractivity contribution in [1.82, 2.24) is 14.8 Å². The van der Waals surface area contributed by atoms with Crippen molar-refractivity contribution in [2.45, 2.75) is 6.54 Å². The Bertz CT molecular complexity index is 1120. The van der Waals surface area contributed by atoms with E-state index in [1.165, 1.54) is 0 Å². The quantitative estimate of drug-likeness (QED) is 0.597. The molecule has 0 unspecified atom stereocenters. The topological polar surface area (TPSA) is 56.4 Å². The van der Waals surface area contributed by atoms with E-state index in [1.807, 2.05) is 36.4 Å². The number of nitrogens with zero attached hydrogens (tertiary/aromatic N) is 2. The van der Waals surface area contributed by atoms with Crippen molar-refractivity contribution < 1.29 is 4.79 Å². The van der Waals surface area contributed by atoms with Gasteiger partial charge in [0.1, 0.15) is 0 Å². The van der Waals surface area contributed by atoms with Crippen LogP contribution in [0.3, 0.4) is 0 Å². The number of rotatable bonds is 2. The number of ketones is 1. The zero-order valence-corrected chi connectivity index (χ0v) is 15.3. The molecule has 0 spiro atoms. The Kier molecular flexibility index (Phi) is 3.74. The largest absolute Gasteiger partial charge is 0.321 e. The first-order valence-corrected chi connectivity index (χ1v) is 9.36. The van der Waals surface area contributed by atoms with E-state index in [-0.39, 0.29) is 11.3 Å². The normalized spacial score (nSPS) is 17.3. The summed E-state index contributed by atoms with van der Waals surface area (Å²) in [6.45, 7) is 4.85. The molecule has 2 aliphatic rings. The second-order valence-corrected chi connectivity index (χ2v) is 7.50. The molecule has 1 saturated heterocycles. The highest BCUT2D eigenvalue weighted by Gasteiger charge is 2.32. The molecule has 2 heterocycles. The van der Waals surface area contributed by atoms with Gasteiger partial charge in [-0.2, -0.15) is 0 Å². The molecule has 0 radical (unpaired) electrons. The van der Waals surface area contributed by atoms with Crippen LogP contribution in [-0.4, -0.2) is 53.8 Å². The van der Waals surface area contributed by atoms with Gasteiger partial charge in [-0.25, -0.2) is 0 Å². The number of likely N-dealkylation sites (N-methyl/N-ethyl adjacent to an activating group) is 1. The number of nitrogens with one attached hydrogen (secondary N) is 1. The molecule has 0 atom stereocenters. The van der Waals surface area contributed by atoms with Crippen LogP contribution >= 0.6 is 0 Å². The van der Waals surface area contributed by atoms with Gasteiger partial charge in [0.15, 0.2) is 5.78 Å². The molecule has 27 heavy (non-hydrogen) atoms. The lowest BCUT2D eigenvalue weighted by molar-refractivity contribution is 0.104. The summed E-state index contributed by atoms with van der Waals surface area (Å²) in [5.74, 6) is 0.0252. The van der Waals surface area contributed by atoms with Crippen molar-refractivity contribution in [2.24, 2.45) is 0 Å². The zero-order chi connectivity index (χ0) is 18.5. The van der Waals surface area contributed by atoms with E-state index >= 15 is 0 Å². The predicted octanol–water partition coefficient (Wildman–Crippen LogP) is 2.49. The van der Waals surface area contributed by atoms with Crippen LogP contribution in [0.5, 0.6) is 0 Å². The zero-order valence-electron chi connectivity index (χ0n) is 15.3. The Balaban J connectivity index is 1.62. The molecule has 5 rings (SSSR count). The number of benzene rings is 2. The van der Waals surface area contributed by atoms with E-state index < -0.39 is 0 Å². The molecule has 1 aliphatic carbocycles. The maximum absolute atomic E-state index is 13.4. The summed E-state index contributed by atoms with van der Waals surface area (Å²) in [6.07, 6.45) is 0. The fourth-order valence-electron chi connectivity index (χ4n) is 4.30. The fourth-order valence-corrected chi connectivity index (χ4v) is 4.30. The fraction of sp³-hybridized carbons (Fsp3) is 0.273. The molecule has 3 aromatic rings. The molecule has 0 amide bonds. The minimum atomic E-state index is -0.144. The van der Waals surface area contributed by atoms with E-state index in [0.29, 0.717) is 16.6 Å². The number of carbonyl (C=O) groups is 1. The molecule has 5 heteroatoms. The minimum absolute atomic E-state index is 0.0252. The molecular formula is C22H21N3O2. The maximum atomic E-state index is 13.4. The molecule has 136 valence electrons. The van der Waals surface area contributed by atoms with E-state index in [0.717, 1.165) is 54.8 Å². The first kappa shape index (κ1) is 16.4. The molecular weight excluding hydrogens is 338 g/mol. The van der Waals surface area contributed by atoms with Crippen molar-refractivity contribution >= 4 is 16.6 Å². The summed E-state index contributed by atoms with van der Waals surface area (Å²) in [4.78, 5) is 33.6. The standard InChI is InChI=1S/C22H21N3O2/c1-24-9-11-25(12-10-24)13-14-5-4-8-17-18(14)21(26)19-15-6-2-3-7-16(15)22(27)23-20(17)19/h2-8H,9-13H2,1H3,(H,23,27). The van der Waals surface area contributed by atoms with Gasteiger partial charge in [0.25, 0.3) is 5.56 Å². The summed E-state index contributed by atoms with van der Waals surface area (Å²) < 4.78 is 0. The number of pyridine rings is 1. The van der Waals surface area contributed by atoms with Crippen LogP contribution in [0.1, 0.15) is 21.5 Å². The van der Waals surface area contributed by atoms with Crippen molar-refractivity contribution in [3.05, 3.63) is 69.5 Å². The molecule has 1 aliphatic heterocycles. The van der Waals surface area contributed by atoms with Crippen molar-refractivity contribution in [3.63, 3.8) is 0 Å². The highest BCUT2D eigenvalue weighted by atomic mass is 16.1. The van der Waals surface area contributed by atoms with Gasteiger partial charge in [-0.3, -0.25) is 14.5 Å². The van der Waals surface area contributed by atoms with Gasteiger partial charge in [-0.05, 0) is 18.7 Å². The smallest absolute Gasteiger partial charge is 0.256 e. The average Bonchev–Trinajstić information content (AvgIpc) is 2.97. The van der Waals surface area contributed by atoms with Gasteiger partial charge in [0.2, 0.25) is 0 Å². The monoisotopic (exact) mass is 359 g/mol. The lowest BCUT2D eigenvalue weighted by Crippen LogP contribution is -2.44. The number of H-pyrrole nitrogens is 1. The summed E-state index contributed by atoms with van der Waals surface area (Å²) in [5.41, 5.74) is 3.80. The van der Waals surface area contributed by atoms with Crippen LogP contribution in [0.2, 0.25) is 0 Å². The lowest BCUT2D eigenvalue weighted by Gasteiger charge is -2.32. The number of carbonyl (C=O) groups excluding carboxylic acids is 1. The van der Waals surface area contributed by atoms with Gasteiger partial charge in [-0.15, -0.1) is 0 Å². The lowest BCUT2D eigenvalue weighted by atomic mass is 10.00. The van der Waals surface area contributed by atoms with Gasteiger partial charge >= 0.3 is 0 Å². The molecule has 1 fully saturated rings. The summed E-state index contributed by atoms with van der Waals surface area (Å²) >= 11 is 0.